The molecule has 7 heteroatoms. The maximum absolute atomic E-state index is 12.0. The minimum Gasteiger partial charge on any atom is -0.318 e. The largest absolute Gasteiger partial charge is 0.318 e. The van der Waals surface area contributed by atoms with Gasteiger partial charge in [0, 0.05) is 17.8 Å². The van der Waals surface area contributed by atoms with Crippen molar-refractivity contribution >= 4 is 27.5 Å². The van der Waals surface area contributed by atoms with Crippen molar-refractivity contribution in [3.05, 3.63) is 34.6 Å². The number of aromatic nitrogens is 4. The Labute approximate surface area is 119 Å². The molecule has 0 aliphatic heterocycles. The van der Waals surface area contributed by atoms with E-state index in [2.05, 4.69) is 41.4 Å². The van der Waals surface area contributed by atoms with Crippen molar-refractivity contribution in [3.8, 4) is 0 Å². The van der Waals surface area contributed by atoms with Gasteiger partial charge in [-0.3, -0.25) is 14.9 Å². The van der Waals surface area contributed by atoms with Crippen LogP contribution in [0.2, 0.25) is 0 Å². The molecule has 2 N–H and O–H groups in total. The van der Waals surface area contributed by atoms with Crippen molar-refractivity contribution in [1.82, 2.24) is 20.2 Å². The zero-order valence-electron chi connectivity index (χ0n) is 10.9. The summed E-state index contributed by atoms with van der Waals surface area (Å²) in [5.74, 6) is 0.429. The molecule has 0 fully saturated rings. The number of anilines is 1. The number of rotatable bonds is 2. The highest BCUT2D eigenvalue weighted by molar-refractivity contribution is 9.10. The van der Waals surface area contributed by atoms with Crippen LogP contribution in [0.1, 0.15) is 37.2 Å². The van der Waals surface area contributed by atoms with E-state index >= 15 is 0 Å². The number of pyridine rings is 1. The minimum atomic E-state index is -0.362. The molecule has 0 unspecified atom stereocenters. The predicted molar refractivity (Wildman–Crippen MR) is 75.0 cm³/mol. The number of amides is 1. The zero-order chi connectivity index (χ0) is 14.0. The third kappa shape index (κ3) is 3.17. The summed E-state index contributed by atoms with van der Waals surface area (Å²) in [6, 6.07) is 1.69. The molecule has 1 amide bonds. The van der Waals surface area contributed by atoms with Crippen LogP contribution in [0.25, 0.3) is 0 Å². The van der Waals surface area contributed by atoms with Gasteiger partial charge in [-0.05, 0) is 22.0 Å². The molecular weight excluding hydrogens is 310 g/mol. The maximum atomic E-state index is 12.0. The summed E-state index contributed by atoms with van der Waals surface area (Å²) in [6.45, 7) is 5.98. The number of carbonyl (C=O) groups excluding carboxylic acids is 1. The van der Waals surface area contributed by atoms with Crippen molar-refractivity contribution in [2.24, 2.45) is 0 Å². The average molecular weight is 324 g/mol. The summed E-state index contributed by atoms with van der Waals surface area (Å²) < 4.78 is 0.704. The Morgan fingerprint density at radius 2 is 2.16 bits per heavy atom. The Kier molecular flexibility index (Phi) is 3.66. The van der Waals surface area contributed by atoms with E-state index in [9.17, 15) is 4.79 Å². The van der Waals surface area contributed by atoms with Crippen LogP contribution in [-0.4, -0.2) is 26.1 Å². The van der Waals surface area contributed by atoms with Crippen LogP contribution in [0.3, 0.4) is 0 Å². The average Bonchev–Trinajstić information content (AvgIpc) is 2.81. The second-order valence-corrected chi connectivity index (χ2v) is 5.92. The van der Waals surface area contributed by atoms with Gasteiger partial charge >= 0.3 is 0 Å². The lowest BCUT2D eigenvalue weighted by atomic mass is 9.96. The summed E-state index contributed by atoms with van der Waals surface area (Å²) in [4.78, 5) is 20.1. The molecule has 2 heterocycles. The van der Waals surface area contributed by atoms with Crippen molar-refractivity contribution in [2.45, 2.75) is 26.2 Å². The maximum Gasteiger partial charge on any atom is 0.295 e. The SMILES string of the molecule is CC(C)(C)c1nc(C(=O)Nc2ccncc2Br)n[nH]1. The molecule has 0 radical (unpaired) electrons. The van der Waals surface area contributed by atoms with E-state index in [1.165, 1.54) is 0 Å². The highest BCUT2D eigenvalue weighted by Crippen LogP contribution is 2.21. The molecule has 0 aliphatic rings. The quantitative estimate of drug-likeness (QED) is 0.889. The molecule has 2 rings (SSSR count). The Hall–Kier alpha value is -1.76. The van der Waals surface area contributed by atoms with Gasteiger partial charge in [0.2, 0.25) is 5.82 Å². The van der Waals surface area contributed by atoms with Crippen LogP contribution < -0.4 is 5.32 Å². The summed E-state index contributed by atoms with van der Waals surface area (Å²) in [5.41, 5.74) is 0.449. The van der Waals surface area contributed by atoms with E-state index < -0.39 is 0 Å². The Bertz CT molecular complexity index is 602. The minimum absolute atomic E-state index is 0.119. The molecule has 19 heavy (non-hydrogen) atoms. The van der Waals surface area contributed by atoms with E-state index in [4.69, 9.17) is 0 Å². The van der Waals surface area contributed by atoms with Gasteiger partial charge < -0.3 is 5.32 Å². The first-order chi connectivity index (χ1) is 8.88. The third-order valence-electron chi connectivity index (χ3n) is 2.42. The number of nitrogens with zero attached hydrogens (tertiary/aromatic N) is 3. The third-order valence-corrected chi connectivity index (χ3v) is 3.05. The lowest BCUT2D eigenvalue weighted by Crippen LogP contribution is -2.16. The van der Waals surface area contributed by atoms with Gasteiger partial charge in [-0.25, -0.2) is 4.98 Å². The van der Waals surface area contributed by atoms with E-state index in [0.717, 1.165) is 0 Å². The standard InChI is InChI=1S/C12H14BrN5O/c1-12(2,3)11-16-9(17-18-11)10(19)15-8-4-5-14-6-7(8)13/h4-6H,1-3H3,(H,14,15,19)(H,16,17,18). The molecule has 0 saturated heterocycles. The van der Waals surface area contributed by atoms with Gasteiger partial charge in [-0.2, -0.15) is 0 Å². The number of carbonyl (C=O) groups is 1. The topological polar surface area (TPSA) is 83.6 Å². The fraction of sp³-hybridized carbons (Fsp3) is 0.333. The molecule has 0 aliphatic carbocycles. The van der Waals surface area contributed by atoms with Crippen molar-refractivity contribution in [1.29, 1.82) is 0 Å². The highest BCUT2D eigenvalue weighted by atomic mass is 79.9. The number of hydrogen-bond acceptors (Lipinski definition) is 4. The van der Waals surface area contributed by atoms with E-state index in [1.54, 1.807) is 18.5 Å². The number of nitrogens with one attached hydrogen (secondary N) is 2. The van der Waals surface area contributed by atoms with Crippen LogP contribution in [0.15, 0.2) is 22.9 Å². The molecule has 100 valence electrons. The second-order valence-electron chi connectivity index (χ2n) is 5.07. The Balaban J connectivity index is 2.17. The van der Waals surface area contributed by atoms with E-state index in [-0.39, 0.29) is 17.1 Å². The highest BCUT2D eigenvalue weighted by Gasteiger charge is 2.21. The molecule has 2 aromatic rings. The number of aromatic amines is 1. The number of H-pyrrole nitrogens is 1. The predicted octanol–water partition coefficient (Wildman–Crippen LogP) is 2.51. The first-order valence-corrected chi connectivity index (χ1v) is 6.51. The van der Waals surface area contributed by atoms with Crippen molar-refractivity contribution < 1.29 is 4.79 Å². The summed E-state index contributed by atoms with van der Waals surface area (Å²) in [6.07, 6.45) is 3.20. The monoisotopic (exact) mass is 323 g/mol. The van der Waals surface area contributed by atoms with Gasteiger partial charge in [0.05, 0.1) is 10.2 Å². The lowest BCUT2D eigenvalue weighted by Gasteiger charge is -2.12. The van der Waals surface area contributed by atoms with Crippen LogP contribution in [0.4, 0.5) is 5.69 Å². The number of halogens is 1. The van der Waals surface area contributed by atoms with E-state index in [0.29, 0.717) is 16.0 Å². The second kappa shape index (κ2) is 5.08. The van der Waals surface area contributed by atoms with E-state index in [1.807, 2.05) is 20.8 Å². The normalized spacial score (nSPS) is 11.4. The van der Waals surface area contributed by atoms with Crippen molar-refractivity contribution in [2.75, 3.05) is 5.32 Å². The van der Waals surface area contributed by atoms with Crippen LogP contribution in [0.5, 0.6) is 0 Å². The summed E-state index contributed by atoms with van der Waals surface area (Å²) >= 11 is 3.31. The van der Waals surface area contributed by atoms with Gasteiger partial charge in [-0.1, -0.05) is 20.8 Å². The fourth-order valence-electron chi connectivity index (χ4n) is 1.35. The van der Waals surface area contributed by atoms with Gasteiger partial charge in [0.1, 0.15) is 5.82 Å². The van der Waals surface area contributed by atoms with Crippen LogP contribution in [-0.2, 0) is 5.41 Å². The number of hydrogen-bond donors (Lipinski definition) is 2. The van der Waals surface area contributed by atoms with Crippen LogP contribution >= 0.6 is 15.9 Å². The van der Waals surface area contributed by atoms with Gasteiger partial charge in [-0.15, -0.1) is 5.10 Å². The molecule has 0 spiro atoms. The van der Waals surface area contributed by atoms with Crippen molar-refractivity contribution in [3.63, 3.8) is 0 Å². The zero-order valence-corrected chi connectivity index (χ0v) is 12.4. The van der Waals surface area contributed by atoms with Gasteiger partial charge in [0.15, 0.2) is 0 Å². The molecule has 0 aromatic carbocycles. The smallest absolute Gasteiger partial charge is 0.295 e. The molecule has 2 aromatic heterocycles. The molecule has 6 nitrogen and oxygen atoms in total. The molecule has 0 atom stereocenters. The first-order valence-electron chi connectivity index (χ1n) is 5.71. The molecule has 0 saturated carbocycles. The lowest BCUT2D eigenvalue weighted by molar-refractivity contribution is 0.101. The van der Waals surface area contributed by atoms with Gasteiger partial charge in [0.25, 0.3) is 5.91 Å². The summed E-state index contributed by atoms with van der Waals surface area (Å²) in [7, 11) is 0. The fourth-order valence-corrected chi connectivity index (χ4v) is 1.70. The van der Waals surface area contributed by atoms with Crippen LogP contribution in [0, 0.1) is 0 Å². The molecular formula is C12H14BrN5O. The first kappa shape index (κ1) is 13.7. The Morgan fingerprint density at radius 1 is 1.42 bits per heavy atom. The summed E-state index contributed by atoms with van der Waals surface area (Å²) in [5, 5.41) is 9.43. The Morgan fingerprint density at radius 3 is 2.74 bits per heavy atom. The molecule has 0 bridgehead atoms.